The van der Waals surface area contributed by atoms with Crippen molar-refractivity contribution in [3.8, 4) is 5.75 Å². The van der Waals surface area contributed by atoms with Gasteiger partial charge in [-0.3, -0.25) is 0 Å². The van der Waals surface area contributed by atoms with Crippen molar-refractivity contribution in [2.24, 2.45) is 0 Å². The fourth-order valence-electron chi connectivity index (χ4n) is 2.04. The normalized spacial score (nSPS) is 10.7. The number of hydrogen-bond acceptors (Lipinski definition) is 4. The Morgan fingerprint density at radius 1 is 1.10 bits per heavy atom. The minimum atomic E-state index is 0.253. The third kappa shape index (κ3) is 2.44. The van der Waals surface area contributed by atoms with Crippen molar-refractivity contribution in [3.63, 3.8) is 0 Å². The van der Waals surface area contributed by atoms with Gasteiger partial charge < -0.3 is 10.4 Å². The van der Waals surface area contributed by atoms with Crippen LogP contribution in [0.15, 0.2) is 47.2 Å². The number of aryl methyl sites for hydroxylation is 1. The molecular weight excluding hydrogens is 318 g/mol. The number of nitrogens with zero attached hydrogens (tertiary/aromatic N) is 2. The van der Waals surface area contributed by atoms with Crippen molar-refractivity contribution in [1.82, 2.24) is 9.97 Å². The van der Waals surface area contributed by atoms with E-state index in [0.29, 0.717) is 0 Å². The Hall–Kier alpha value is -2.14. The van der Waals surface area contributed by atoms with Crippen molar-refractivity contribution in [2.75, 3.05) is 5.32 Å². The van der Waals surface area contributed by atoms with Gasteiger partial charge in [-0.25, -0.2) is 9.97 Å². The van der Waals surface area contributed by atoms with Crippen LogP contribution in [0.4, 0.5) is 11.5 Å². The zero-order valence-corrected chi connectivity index (χ0v) is 12.3. The molecule has 20 heavy (non-hydrogen) atoms. The lowest BCUT2D eigenvalue weighted by Crippen LogP contribution is -1.97. The van der Waals surface area contributed by atoms with Crippen LogP contribution in [0.1, 0.15) is 5.56 Å². The number of halogens is 1. The monoisotopic (exact) mass is 329 g/mol. The smallest absolute Gasteiger partial charge is 0.141 e. The van der Waals surface area contributed by atoms with Gasteiger partial charge in [0.1, 0.15) is 17.9 Å². The summed E-state index contributed by atoms with van der Waals surface area (Å²) in [6, 6.07) is 11.1. The van der Waals surface area contributed by atoms with Crippen LogP contribution in [0.3, 0.4) is 0 Å². The summed E-state index contributed by atoms with van der Waals surface area (Å²) in [5, 5.41) is 13.7. The second-order valence-electron chi connectivity index (χ2n) is 4.51. The number of phenols is 1. The second-order valence-corrected chi connectivity index (χ2v) is 5.42. The molecule has 0 atom stereocenters. The first-order chi connectivity index (χ1) is 9.63. The summed E-state index contributed by atoms with van der Waals surface area (Å²) < 4.78 is 0.977. The molecule has 0 aliphatic rings. The Bertz CT molecular complexity index is 789. The van der Waals surface area contributed by atoms with Crippen molar-refractivity contribution in [2.45, 2.75) is 6.92 Å². The lowest BCUT2D eigenvalue weighted by Gasteiger charge is -2.11. The van der Waals surface area contributed by atoms with Gasteiger partial charge in [0, 0.05) is 15.5 Å². The summed E-state index contributed by atoms with van der Waals surface area (Å²) in [5.41, 5.74) is 2.73. The van der Waals surface area contributed by atoms with E-state index in [9.17, 15) is 5.11 Å². The summed E-state index contributed by atoms with van der Waals surface area (Å²) in [6.45, 7) is 1.93. The fraction of sp³-hybridized carbons (Fsp3) is 0.0667. The van der Waals surface area contributed by atoms with Crippen molar-refractivity contribution < 1.29 is 5.11 Å². The molecule has 2 aromatic carbocycles. The summed E-state index contributed by atoms with van der Waals surface area (Å²) in [4.78, 5) is 8.55. The van der Waals surface area contributed by atoms with E-state index in [1.54, 1.807) is 12.1 Å². The minimum absolute atomic E-state index is 0.253. The van der Waals surface area contributed by atoms with Crippen molar-refractivity contribution in [3.05, 3.63) is 52.8 Å². The molecule has 1 aromatic heterocycles. The van der Waals surface area contributed by atoms with Crippen LogP contribution in [0.2, 0.25) is 0 Å². The summed E-state index contributed by atoms with van der Waals surface area (Å²) >= 11 is 3.46. The molecule has 0 unspecified atom stereocenters. The molecule has 2 N–H and O–H groups in total. The molecule has 0 radical (unpaired) electrons. The molecule has 1 heterocycles. The molecule has 0 spiro atoms. The van der Waals surface area contributed by atoms with Gasteiger partial charge >= 0.3 is 0 Å². The standard InChI is InChI=1S/C15H12BrN3O/c1-9-6-11(20)3-5-13(9)19-15-12-7-10(16)2-4-14(12)17-8-18-15/h2-8,20H,1H3,(H,17,18,19). The molecule has 0 aliphatic carbocycles. The maximum Gasteiger partial charge on any atom is 0.141 e. The van der Waals surface area contributed by atoms with Gasteiger partial charge in [-0.1, -0.05) is 15.9 Å². The first-order valence-corrected chi connectivity index (χ1v) is 6.90. The van der Waals surface area contributed by atoms with Crippen LogP contribution in [0.25, 0.3) is 10.9 Å². The largest absolute Gasteiger partial charge is 0.508 e. The van der Waals surface area contributed by atoms with Gasteiger partial charge in [-0.05, 0) is 48.9 Å². The van der Waals surface area contributed by atoms with Gasteiger partial charge in [-0.2, -0.15) is 0 Å². The highest BCUT2D eigenvalue weighted by Crippen LogP contribution is 2.28. The Morgan fingerprint density at radius 3 is 2.75 bits per heavy atom. The van der Waals surface area contributed by atoms with Crippen LogP contribution in [0.5, 0.6) is 5.75 Å². The summed E-state index contributed by atoms with van der Waals surface area (Å²) in [5.74, 6) is 0.994. The van der Waals surface area contributed by atoms with Gasteiger partial charge in [0.15, 0.2) is 0 Å². The number of hydrogen-bond donors (Lipinski definition) is 2. The average molecular weight is 330 g/mol. The van der Waals surface area contributed by atoms with E-state index in [-0.39, 0.29) is 5.75 Å². The second kappa shape index (κ2) is 5.09. The summed E-state index contributed by atoms with van der Waals surface area (Å²) in [7, 11) is 0. The minimum Gasteiger partial charge on any atom is -0.508 e. The highest BCUT2D eigenvalue weighted by atomic mass is 79.9. The third-order valence-corrected chi connectivity index (χ3v) is 3.55. The lowest BCUT2D eigenvalue weighted by atomic mass is 10.1. The molecule has 0 saturated heterocycles. The number of benzene rings is 2. The van der Waals surface area contributed by atoms with E-state index >= 15 is 0 Å². The quantitative estimate of drug-likeness (QED) is 0.693. The fourth-order valence-corrected chi connectivity index (χ4v) is 2.41. The van der Waals surface area contributed by atoms with E-state index in [2.05, 4.69) is 31.2 Å². The van der Waals surface area contributed by atoms with Crippen LogP contribution in [-0.4, -0.2) is 15.1 Å². The first-order valence-electron chi connectivity index (χ1n) is 6.10. The molecule has 0 amide bonds. The SMILES string of the molecule is Cc1cc(O)ccc1Nc1ncnc2ccc(Br)cc12. The van der Waals surface area contributed by atoms with E-state index in [1.165, 1.54) is 6.33 Å². The average Bonchev–Trinajstić information content (AvgIpc) is 2.42. The zero-order chi connectivity index (χ0) is 14.1. The molecule has 3 rings (SSSR count). The first kappa shape index (κ1) is 12.9. The number of nitrogens with one attached hydrogen (secondary N) is 1. The van der Waals surface area contributed by atoms with Gasteiger partial charge in [0.2, 0.25) is 0 Å². The van der Waals surface area contributed by atoms with E-state index < -0.39 is 0 Å². The number of anilines is 2. The van der Waals surface area contributed by atoms with E-state index in [1.807, 2.05) is 31.2 Å². The molecule has 0 bridgehead atoms. The number of aromatic nitrogens is 2. The Kier molecular flexibility index (Phi) is 3.28. The topological polar surface area (TPSA) is 58.0 Å². The number of fused-ring (bicyclic) bond motifs is 1. The van der Waals surface area contributed by atoms with Gasteiger partial charge in [0.25, 0.3) is 0 Å². The zero-order valence-electron chi connectivity index (χ0n) is 10.8. The number of phenolic OH excluding ortho intramolecular Hbond substituents is 1. The van der Waals surface area contributed by atoms with Crippen LogP contribution < -0.4 is 5.32 Å². The number of rotatable bonds is 2. The highest BCUT2D eigenvalue weighted by molar-refractivity contribution is 9.10. The Balaban J connectivity index is 2.08. The Morgan fingerprint density at radius 2 is 1.95 bits per heavy atom. The molecule has 3 aromatic rings. The highest BCUT2D eigenvalue weighted by Gasteiger charge is 2.06. The van der Waals surface area contributed by atoms with Crippen LogP contribution >= 0.6 is 15.9 Å². The van der Waals surface area contributed by atoms with E-state index in [0.717, 1.165) is 32.4 Å². The third-order valence-electron chi connectivity index (χ3n) is 3.06. The molecule has 5 heteroatoms. The van der Waals surface area contributed by atoms with Crippen molar-refractivity contribution in [1.29, 1.82) is 0 Å². The molecule has 0 aliphatic heterocycles. The predicted octanol–water partition coefficient (Wildman–Crippen LogP) is 4.15. The molecule has 0 saturated carbocycles. The molecule has 4 nitrogen and oxygen atoms in total. The van der Waals surface area contributed by atoms with Crippen LogP contribution in [0, 0.1) is 6.92 Å². The molecule has 0 fully saturated rings. The van der Waals surface area contributed by atoms with Crippen molar-refractivity contribution >= 4 is 38.3 Å². The lowest BCUT2D eigenvalue weighted by molar-refractivity contribution is 0.475. The predicted molar refractivity (Wildman–Crippen MR) is 83.4 cm³/mol. The maximum atomic E-state index is 9.45. The van der Waals surface area contributed by atoms with Gasteiger partial charge in [-0.15, -0.1) is 0 Å². The summed E-state index contributed by atoms with van der Waals surface area (Å²) in [6.07, 6.45) is 1.54. The van der Waals surface area contributed by atoms with E-state index in [4.69, 9.17) is 0 Å². The Labute approximate surface area is 124 Å². The molecular formula is C15H12BrN3O. The van der Waals surface area contributed by atoms with Gasteiger partial charge in [0.05, 0.1) is 5.52 Å². The maximum absolute atomic E-state index is 9.45. The number of aromatic hydroxyl groups is 1. The molecule has 100 valence electrons. The van der Waals surface area contributed by atoms with Crippen LogP contribution in [-0.2, 0) is 0 Å².